The number of aromatic amines is 1. The monoisotopic (exact) mass is 352 g/mol. The number of morpholine rings is 1. The lowest BCUT2D eigenvalue weighted by atomic mass is 10.1. The van der Waals surface area contributed by atoms with Gasteiger partial charge in [0.1, 0.15) is 0 Å². The van der Waals surface area contributed by atoms with E-state index >= 15 is 0 Å². The Labute approximate surface area is 152 Å². The van der Waals surface area contributed by atoms with E-state index < -0.39 is 0 Å². The molecule has 3 atom stereocenters. The van der Waals surface area contributed by atoms with Gasteiger partial charge < -0.3 is 10.1 Å². The smallest absolute Gasteiger partial charge is 0.251 e. The first kappa shape index (κ1) is 16.0. The highest BCUT2D eigenvalue weighted by atomic mass is 16.5. The molecule has 1 aromatic heterocycles. The van der Waals surface area contributed by atoms with Crippen molar-refractivity contribution in [3.05, 3.63) is 42.2 Å². The first-order valence-corrected chi connectivity index (χ1v) is 9.52. The van der Waals surface area contributed by atoms with Crippen LogP contribution in [0.25, 0.3) is 11.1 Å². The molecule has 2 N–H and O–H groups in total. The molecule has 6 nitrogen and oxygen atoms in total. The number of fused-ring (bicyclic) bond motifs is 1. The van der Waals surface area contributed by atoms with Gasteiger partial charge in [-0.3, -0.25) is 14.8 Å². The standard InChI is InChI=1S/C20H24N4O2/c25-20(15-3-1-2-14(6-15)16-8-21-22-9-16)23-17-7-18-12-26-19(13-4-5-13)11-24(18)10-17/h1-3,6,8-9,13,17-19H,4-5,7,10-12H2,(H,21,22)(H,23,25)/t17-,18+,19-/m1/s1. The molecular weight excluding hydrogens is 328 g/mol. The Morgan fingerprint density at radius 1 is 1.27 bits per heavy atom. The van der Waals surface area contributed by atoms with E-state index in [1.54, 1.807) is 6.20 Å². The van der Waals surface area contributed by atoms with E-state index in [1.807, 2.05) is 30.5 Å². The van der Waals surface area contributed by atoms with Crippen LogP contribution in [0.15, 0.2) is 36.7 Å². The lowest BCUT2D eigenvalue weighted by Crippen LogP contribution is -2.47. The zero-order valence-electron chi connectivity index (χ0n) is 14.7. The fourth-order valence-electron chi connectivity index (χ4n) is 4.27. The predicted molar refractivity (Wildman–Crippen MR) is 97.7 cm³/mol. The van der Waals surface area contributed by atoms with Crippen molar-refractivity contribution < 1.29 is 9.53 Å². The molecule has 136 valence electrons. The second kappa shape index (κ2) is 6.52. The van der Waals surface area contributed by atoms with E-state index in [0.29, 0.717) is 17.7 Å². The number of nitrogens with zero attached hydrogens (tertiary/aromatic N) is 2. The molecule has 0 bridgehead atoms. The largest absolute Gasteiger partial charge is 0.375 e. The number of H-pyrrole nitrogens is 1. The molecule has 2 saturated heterocycles. The molecule has 6 heteroatoms. The summed E-state index contributed by atoms with van der Waals surface area (Å²) in [6.07, 6.45) is 7.62. The molecule has 2 aromatic rings. The summed E-state index contributed by atoms with van der Waals surface area (Å²) in [4.78, 5) is 15.2. The number of benzene rings is 1. The Hall–Kier alpha value is -2.18. The number of hydrogen-bond donors (Lipinski definition) is 2. The number of carbonyl (C=O) groups is 1. The van der Waals surface area contributed by atoms with Crippen molar-refractivity contribution in [3.63, 3.8) is 0 Å². The molecule has 26 heavy (non-hydrogen) atoms. The molecular formula is C20H24N4O2. The van der Waals surface area contributed by atoms with Crippen LogP contribution in [0, 0.1) is 5.92 Å². The highest BCUT2D eigenvalue weighted by Crippen LogP contribution is 2.37. The van der Waals surface area contributed by atoms with Crippen molar-refractivity contribution in [3.8, 4) is 11.1 Å². The topological polar surface area (TPSA) is 70.2 Å². The van der Waals surface area contributed by atoms with E-state index in [4.69, 9.17) is 4.74 Å². The first-order valence-electron chi connectivity index (χ1n) is 9.52. The van der Waals surface area contributed by atoms with E-state index in [0.717, 1.165) is 43.2 Å². The molecule has 3 aliphatic rings. The predicted octanol–water partition coefficient (Wildman–Crippen LogP) is 2.06. The maximum atomic E-state index is 12.7. The highest BCUT2D eigenvalue weighted by molar-refractivity contribution is 5.95. The van der Waals surface area contributed by atoms with Gasteiger partial charge in [-0.1, -0.05) is 12.1 Å². The van der Waals surface area contributed by atoms with Gasteiger partial charge in [0.15, 0.2) is 0 Å². The number of carbonyl (C=O) groups excluding carboxylic acids is 1. The number of nitrogens with one attached hydrogen (secondary N) is 2. The Balaban J connectivity index is 1.23. The second-order valence-corrected chi connectivity index (χ2v) is 7.79. The van der Waals surface area contributed by atoms with Gasteiger partial charge in [0.25, 0.3) is 5.91 Å². The molecule has 3 heterocycles. The lowest BCUT2D eigenvalue weighted by molar-refractivity contribution is -0.0581. The van der Waals surface area contributed by atoms with E-state index in [9.17, 15) is 4.79 Å². The van der Waals surface area contributed by atoms with Crippen molar-refractivity contribution in [2.24, 2.45) is 5.92 Å². The van der Waals surface area contributed by atoms with E-state index in [-0.39, 0.29) is 11.9 Å². The van der Waals surface area contributed by atoms with Crippen LogP contribution in [-0.2, 0) is 4.74 Å². The van der Waals surface area contributed by atoms with Crippen LogP contribution in [0.5, 0.6) is 0 Å². The Bertz CT molecular complexity index is 787. The molecule has 0 unspecified atom stereocenters. The Morgan fingerprint density at radius 3 is 3.00 bits per heavy atom. The van der Waals surface area contributed by atoms with Crippen LogP contribution in [0.2, 0.25) is 0 Å². The number of hydrogen-bond acceptors (Lipinski definition) is 4. The van der Waals surface area contributed by atoms with Gasteiger partial charge in [-0.15, -0.1) is 0 Å². The zero-order valence-corrected chi connectivity index (χ0v) is 14.7. The third-order valence-electron chi connectivity index (χ3n) is 5.88. The van der Waals surface area contributed by atoms with Crippen LogP contribution in [0.1, 0.15) is 29.6 Å². The number of rotatable bonds is 4. The molecule has 1 amide bonds. The lowest BCUT2D eigenvalue weighted by Gasteiger charge is -2.35. The van der Waals surface area contributed by atoms with Gasteiger partial charge in [-0.25, -0.2) is 0 Å². The Kier molecular flexibility index (Phi) is 4.02. The van der Waals surface area contributed by atoms with Crippen molar-refractivity contribution in [2.45, 2.75) is 37.5 Å². The average Bonchev–Trinajstić information content (AvgIpc) is 3.21. The van der Waals surface area contributed by atoms with Gasteiger partial charge >= 0.3 is 0 Å². The summed E-state index contributed by atoms with van der Waals surface area (Å²) in [5.41, 5.74) is 2.68. The van der Waals surface area contributed by atoms with E-state index in [2.05, 4.69) is 20.4 Å². The van der Waals surface area contributed by atoms with Crippen molar-refractivity contribution >= 4 is 5.91 Å². The van der Waals surface area contributed by atoms with Crippen LogP contribution >= 0.6 is 0 Å². The van der Waals surface area contributed by atoms with Gasteiger partial charge in [-0.05, 0) is 42.9 Å². The van der Waals surface area contributed by atoms with Crippen molar-refractivity contribution in [1.29, 1.82) is 0 Å². The summed E-state index contributed by atoms with van der Waals surface area (Å²) in [6, 6.07) is 8.36. The van der Waals surface area contributed by atoms with Gasteiger partial charge in [0.05, 0.1) is 18.9 Å². The van der Waals surface area contributed by atoms with Crippen molar-refractivity contribution in [2.75, 3.05) is 19.7 Å². The molecule has 3 fully saturated rings. The molecule has 1 aromatic carbocycles. The second-order valence-electron chi connectivity index (χ2n) is 7.79. The first-order chi connectivity index (χ1) is 12.8. The summed E-state index contributed by atoms with van der Waals surface area (Å²) < 4.78 is 6.05. The molecule has 5 rings (SSSR count). The third-order valence-corrected chi connectivity index (χ3v) is 5.88. The minimum atomic E-state index is -0.000136. The molecule has 0 radical (unpaired) electrons. The van der Waals surface area contributed by atoms with Crippen LogP contribution in [0.4, 0.5) is 0 Å². The number of aromatic nitrogens is 2. The van der Waals surface area contributed by atoms with Gasteiger partial charge in [-0.2, -0.15) is 5.10 Å². The highest BCUT2D eigenvalue weighted by Gasteiger charge is 2.42. The SMILES string of the molecule is O=C(N[C@@H]1C[C@H]2CO[C@@H](C3CC3)CN2C1)c1cccc(-c2cn[nH]c2)c1. The summed E-state index contributed by atoms with van der Waals surface area (Å²) in [5.74, 6) is 0.773. The quantitative estimate of drug-likeness (QED) is 0.884. The van der Waals surface area contributed by atoms with Crippen LogP contribution < -0.4 is 5.32 Å². The fraction of sp³-hybridized carbons (Fsp3) is 0.500. The summed E-state index contributed by atoms with van der Waals surface area (Å²) in [7, 11) is 0. The molecule has 1 saturated carbocycles. The van der Waals surface area contributed by atoms with Crippen molar-refractivity contribution in [1.82, 2.24) is 20.4 Å². The molecule has 2 aliphatic heterocycles. The van der Waals surface area contributed by atoms with E-state index in [1.165, 1.54) is 12.8 Å². The molecule has 0 spiro atoms. The number of amides is 1. The van der Waals surface area contributed by atoms with Gasteiger partial charge in [0.2, 0.25) is 0 Å². The minimum Gasteiger partial charge on any atom is -0.375 e. The fourth-order valence-corrected chi connectivity index (χ4v) is 4.27. The zero-order chi connectivity index (χ0) is 17.5. The Morgan fingerprint density at radius 2 is 2.19 bits per heavy atom. The summed E-state index contributed by atoms with van der Waals surface area (Å²) >= 11 is 0. The maximum absolute atomic E-state index is 12.7. The summed E-state index contributed by atoms with van der Waals surface area (Å²) in [5, 5.41) is 10.0. The average molecular weight is 352 g/mol. The maximum Gasteiger partial charge on any atom is 0.251 e. The number of ether oxygens (including phenoxy) is 1. The van der Waals surface area contributed by atoms with Crippen LogP contribution in [-0.4, -0.2) is 58.9 Å². The minimum absolute atomic E-state index is 0.000136. The van der Waals surface area contributed by atoms with Gasteiger partial charge in [0, 0.05) is 42.5 Å². The normalized spacial score (nSPS) is 28.7. The molecule has 1 aliphatic carbocycles. The summed E-state index contributed by atoms with van der Waals surface area (Å²) in [6.45, 7) is 2.77. The third kappa shape index (κ3) is 3.15. The van der Waals surface area contributed by atoms with Crippen LogP contribution in [0.3, 0.4) is 0 Å².